The van der Waals surface area contributed by atoms with E-state index in [1.807, 2.05) is 0 Å². The second-order valence-electron chi connectivity index (χ2n) is 4.65. The highest BCUT2D eigenvalue weighted by Gasteiger charge is 2.14. The summed E-state index contributed by atoms with van der Waals surface area (Å²) in [5.41, 5.74) is 0.777. The average molecular weight is 299 g/mol. The molecule has 1 aromatic carbocycles. The normalized spacial score (nSPS) is 13.5. The van der Waals surface area contributed by atoms with Gasteiger partial charge >= 0.3 is 0 Å². The highest BCUT2D eigenvalue weighted by Crippen LogP contribution is 2.22. The molecule has 104 valence electrons. The molecule has 0 aromatic heterocycles. The Labute approximate surface area is 125 Å². The van der Waals surface area contributed by atoms with Gasteiger partial charge in [0.2, 0.25) is 0 Å². The monoisotopic (exact) mass is 298 g/mol. The summed E-state index contributed by atoms with van der Waals surface area (Å²) in [6.07, 6.45) is 3.65. The van der Waals surface area contributed by atoms with Crippen LogP contribution in [0.4, 0.5) is 0 Å². The molecule has 0 radical (unpaired) electrons. The second-order valence-corrected chi connectivity index (χ2v) is 5.47. The van der Waals surface area contributed by atoms with Crippen LogP contribution in [0.1, 0.15) is 45.1 Å². The number of halogens is 2. The van der Waals surface area contributed by atoms with Crippen molar-refractivity contribution in [2.75, 3.05) is 0 Å². The predicted molar refractivity (Wildman–Crippen MR) is 82.7 cm³/mol. The summed E-state index contributed by atoms with van der Waals surface area (Å²) in [6.45, 7) is 4.24. The first-order valence-electron chi connectivity index (χ1n) is 6.73. The minimum Gasteiger partial charge on any atom is -0.380 e. The molecule has 0 saturated heterocycles. The minimum atomic E-state index is -0.578. The fraction of sp³-hybridized carbons (Fsp3) is 0.500. The van der Waals surface area contributed by atoms with Crippen molar-refractivity contribution in [1.82, 2.24) is 0 Å². The maximum Gasteiger partial charge on any atom is 0.117 e. The number of hydrogen-bond donors (Lipinski definition) is 1. The lowest BCUT2D eigenvalue weighted by atomic mass is 9.93. The number of aliphatic hydroxyl groups excluding tert-OH is 1. The molecule has 1 N–H and O–H groups in total. The van der Waals surface area contributed by atoms with E-state index in [0.29, 0.717) is 10.0 Å². The molecular weight excluding hydrogens is 279 g/mol. The summed E-state index contributed by atoms with van der Waals surface area (Å²) < 4.78 is 0. The molecule has 1 rings (SSSR count). The van der Waals surface area contributed by atoms with Crippen LogP contribution in [0.15, 0.2) is 18.2 Å². The Hall–Kier alpha value is -0.680. The third-order valence-corrected chi connectivity index (χ3v) is 3.92. The van der Waals surface area contributed by atoms with E-state index in [-0.39, 0.29) is 5.92 Å². The molecule has 0 aliphatic rings. The molecule has 1 nitrogen and oxygen atoms in total. The first-order valence-corrected chi connectivity index (χ1v) is 7.48. The summed E-state index contributed by atoms with van der Waals surface area (Å²) in [7, 11) is 0. The van der Waals surface area contributed by atoms with Gasteiger partial charge in [0.15, 0.2) is 0 Å². The van der Waals surface area contributed by atoms with Gasteiger partial charge < -0.3 is 5.11 Å². The lowest BCUT2D eigenvalue weighted by Crippen LogP contribution is -2.17. The van der Waals surface area contributed by atoms with E-state index in [1.54, 1.807) is 18.2 Å². The van der Waals surface area contributed by atoms with Crippen molar-refractivity contribution in [3.05, 3.63) is 33.8 Å². The van der Waals surface area contributed by atoms with E-state index in [9.17, 15) is 5.11 Å². The molecule has 1 aromatic rings. The van der Waals surface area contributed by atoms with Crippen LogP contribution in [-0.2, 0) is 0 Å². The molecule has 3 heteroatoms. The minimum absolute atomic E-state index is 0.246. The summed E-state index contributed by atoms with van der Waals surface area (Å²) in [5, 5.41) is 11.1. The van der Waals surface area contributed by atoms with Crippen LogP contribution in [0.5, 0.6) is 0 Å². The van der Waals surface area contributed by atoms with Gasteiger partial charge in [-0.2, -0.15) is 0 Å². The molecule has 2 unspecified atom stereocenters. The van der Waals surface area contributed by atoms with Gasteiger partial charge in [0.1, 0.15) is 6.10 Å². The molecule has 0 aliphatic heterocycles. The van der Waals surface area contributed by atoms with Crippen molar-refractivity contribution in [1.29, 1.82) is 0 Å². The number of rotatable bonds is 5. The quantitative estimate of drug-likeness (QED) is 0.765. The van der Waals surface area contributed by atoms with Crippen molar-refractivity contribution < 1.29 is 5.11 Å². The lowest BCUT2D eigenvalue weighted by Gasteiger charge is -2.16. The van der Waals surface area contributed by atoms with Crippen molar-refractivity contribution in [2.24, 2.45) is 5.92 Å². The van der Waals surface area contributed by atoms with Gasteiger partial charge in [0, 0.05) is 5.56 Å². The number of hydrogen-bond acceptors (Lipinski definition) is 1. The molecule has 0 spiro atoms. The van der Waals surface area contributed by atoms with Crippen LogP contribution in [0.2, 0.25) is 10.0 Å². The number of unbranched alkanes of at least 4 members (excludes halogenated alkanes) is 1. The zero-order chi connectivity index (χ0) is 14.3. The van der Waals surface area contributed by atoms with Crippen LogP contribution in [-0.4, -0.2) is 11.2 Å². The van der Waals surface area contributed by atoms with Crippen LogP contribution < -0.4 is 0 Å². The fourth-order valence-corrected chi connectivity index (χ4v) is 2.20. The summed E-state index contributed by atoms with van der Waals surface area (Å²) >= 11 is 11.8. The van der Waals surface area contributed by atoms with Crippen molar-refractivity contribution in [2.45, 2.75) is 45.6 Å². The van der Waals surface area contributed by atoms with E-state index in [4.69, 9.17) is 23.2 Å². The van der Waals surface area contributed by atoms with Crippen molar-refractivity contribution >= 4 is 23.2 Å². The van der Waals surface area contributed by atoms with E-state index < -0.39 is 6.10 Å². The first kappa shape index (κ1) is 16.4. The molecular formula is C16H20Cl2O. The molecule has 19 heavy (non-hydrogen) atoms. The second kappa shape index (κ2) is 8.48. The zero-order valence-corrected chi connectivity index (χ0v) is 12.9. The Morgan fingerprint density at radius 3 is 2.53 bits per heavy atom. The Morgan fingerprint density at radius 1 is 1.21 bits per heavy atom. The van der Waals surface area contributed by atoms with Gasteiger partial charge in [-0.3, -0.25) is 0 Å². The summed E-state index contributed by atoms with van der Waals surface area (Å²) in [6, 6.07) is 5.24. The number of benzene rings is 1. The van der Waals surface area contributed by atoms with Gasteiger partial charge in [0.25, 0.3) is 0 Å². The lowest BCUT2D eigenvalue weighted by molar-refractivity contribution is 0.150. The van der Waals surface area contributed by atoms with Crippen molar-refractivity contribution in [3.8, 4) is 11.8 Å². The third kappa shape index (κ3) is 5.45. The van der Waals surface area contributed by atoms with Crippen LogP contribution in [0.3, 0.4) is 0 Å². The van der Waals surface area contributed by atoms with Crippen LogP contribution in [0, 0.1) is 17.8 Å². The molecule has 0 bridgehead atoms. The van der Waals surface area contributed by atoms with Gasteiger partial charge in [-0.25, -0.2) is 0 Å². The summed E-state index contributed by atoms with van der Waals surface area (Å²) in [4.78, 5) is 0. The van der Waals surface area contributed by atoms with Gasteiger partial charge in [-0.05, 0) is 37.0 Å². The van der Waals surface area contributed by atoms with E-state index >= 15 is 0 Å². The van der Waals surface area contributed by atoms with E-state index in [2.05, 4.69) is 25.7 Å². The molecule has 2 atom stereocenters. The maximum atomic E-state index is 10.1. The van der Waals surface area contributed by atoms with Crippen LogP contribution >= 0.6 is 23.2 Å². The van der Waals surface area contributed by atoms with Gasteiger partial charge in [-0.15, -0.1) is 0 Å². The zero-order valence-electron chi connectivity index (χ0n) is 11.4. The molecule has 0 saturated carbocycles. The molecule has 0 aliphatic carbocycles. The Kier molecular flexibility index (Phi) is 7.31. The first-order chi connectivity index (χ1) is 9.08. The molecule has 0 amide bonds. The standard InChI is InChI=1S/C16H20Cl2O/c1-3-5-6-13(4-2)16(19)10-8-12-7-9-14(17)15(18)11-12/h7,9,11,13,16,19H,3-6H2,1-2H3. The van der Waals surface area contributed by atoms with Gasteiger partial charge in [0.05, 0.1) is 10.0 Å². The Morgan fingerprint density at radius 2 is 1.95 bits per heavy atom. The largest absolute Gasteiger partial charge is 0.380 e. The molecule has 0 heterocycles. The Bertz CT molecular complexity index is 460. The average Bonchev–Trinajstić information content (AvgIpc) is 2.41. The Balaban J connectivity index is 2.71. The number of aliphatic hydroxyl groups is 1. The van der Waals surface area contributed by atoms with Crippen LogP contribution in [0.25, 0.3) is 0 Å². The molecule has 0 fully saturated rings. The van der Waals surface area contributed by atoms with Crippen molar-refractivity contribution in [3.63, 3.8) is 0 Å². The van der Waals surface area contributed by atoms with E-state index in [1.165, 1.54) is 0 Å². The third-order valence-electron chi connectivity index (χ3n) is 3.18. The topological polar surface area (TPSA) is 20.2 Å². The fourth-order valence-electron chi connectivity index (χ4n) is 1.90. The van der Waals surface area contributed by atoms with Gasteiger partial charge in [-0.1, -0.05) is 61.7 Å². The smallest absolute Gasteiger partial charge is 0.117 e. The summed E-state index contributed by atoms with van der Waals surface area (Å²) in [5.74, 6) is 6.12. The predicted octanol–water partition coefficient (Wildman–Crippen LogP) is 4.92. The van der Waals surface area contributed by atoms with E-state index in [0.717, 1.165) is 31.2 Å². The SMILES string of the molecule is CCCCC(CC)C(O)C#Cc1ccc(Cl)c(Cl)c1. The highest BCUT2D eigenvalue weighted by molar-refractivity contribution is 6.42. The highest BCUT2D eigenvalue weighted by atomic mass is 35.5. The maximum absolute atomic E-state index is 10.1.